The first-order chi connectivity index (χ1) is 12.3. The van der Waals surface area contributed by atoms with E-state index in [2.05, 4.69) is 24.1 Å². The third-order valence-corrected chi connectivity index (χ3v) is 5.18. The van der Waals surface area contributed by atoms with E-state index in [1.165, 1.54) is 4.31 Å². The molecule has 2 aromatic rings. The van der Waals surface area contributed by atoms with Crippen LogP contribution < -0.4 is 9.62 Å². The predicted molar refractivity (Wildman–Crippen MR) is 103 cm³/mol. The lowest BCUT2D eigenvalue weighted by Crippen LogP contribution is -2.34. The molecule has 0 bridgehead atoms. The minimum absolute atomic E-state index is 0.0752. The average molecular weight is 375 g/mol. The fourth-order valence-electron chi connectivity index (χ4n) is 2.50. The van der Waals surface area contributed by atoms with E-state index in [1.54, 1.807) is 24.4 Å². The Hall–Kier alpha value is -2.41. The van der Waals surface area contributed by atoms with E-state index in [0.29, 0.717) is 18.2 Å². The standard InChI is InChI=1S/C19H25N3O3S/c1-15(2)16-7-9-18(10-8-16)22(26(3,24)25)13-11-19(23)21-14-17-6-4-5-12-20-17/h4-10,12,15H,11,13-14H2,1-3H3,(H,21,23). The van der Waals surface area contributed by atoms with Crippen LogP contribution in [-0.2, 0) is 21.4 Å². The summed E-state index contributed by atoms with van der Waals surface area (Å²) in [4.78, 5) is 16.2. The zero-order chi connectivity index (χ0) is 19.2. The van der Waals surface area contributed by atoms with E-state index in [9.17, 15) is 13.2 Å². The smallest absolute Gasteiger partial charge is 0.232 e. The Morgan fingerprint density at radius 1 is 1.15 bits per heavy atom. The second-order valence-electron chi connectivity index (χ2n) is 6.43. The van der Waals surface area contributed by atoms with Gasteiger partial charge in [-0.05, 0) is 35.7 Å². The van der Waals surface area contributed by atoms with Crippen LogP contribution in [0.1, 0.15) is 37.4 Å². The first-order valence-electron chi connectivity index (χ1n) is 8.51. The Kier molecular flexibility index (Phi) is 6.74. The summed E-state index contributed by atoms with van der Waals surface area (Å²) < 4.78 is 25.5. The lowest BCUT2D eigenvalue weighted by atomic mass is 10.0. The van der Waals surface area contributed by atoms with Crippen molar-refractivity contribution < 1.29 is 13.2 Å². The maximum atomic E-state index is 12.1. The van der Waals surface area contributed by atoms with E-state index >= 15 is 0 Å². The number of pyridine rings is 1. The lowest BCUT2D eigenvalue weighted by Gasteiger charge is -2.22. The molecule has 140 valence electrons. The fraction of sp³-hybridized carbons (Fsp3) is 0.368. The Bertz CT molecular complexity index is 819. The number of carbonyl (C=O) groups is 1. The predicted octanol–water partition coefficient (Wildman–Crippen LogP) is 2.68. The molecule has 1 aromatic heterocycles. The second kappa shape index (κ2) is 8.80. The molecule has 0 saturated heterocycles. The van der Waals surface area contributed by atoms with E-state index < -0.39 is 10.0 Å². The van der Waals surface area contributed by atoms with Crippen LogP contribution in [0.25, 0.3) is 0 Å². The van der Waals surface area contributed by atoms with Crippen molar-refractivity contribution in [1.82, 2.24) is 10.3 Å². The number of nitrogens with zero attached hydrogens (tertiary/aromatic N) is 2. The van der Waals surface area contributed by atoms with Crippen LogP contribution in [0.15, 0.2) is 48.7 Å². The Morgan fingerprint density at radius 2 is 1.85 bits per heavy atom. The number of rotatable bonds is 8. The van der Waals surface area contributed by atoms with Crippen LogP contribution in [0.4, 0.5) is 5.69 Å². The highest BCUT2D eigenvalue weighted by Crippen LogP contribution is 2.22. The highest BCUT2D eigenvalue weighted by atomic mass is 32.2. The zero-order valence-electron chi connectivity index (χ0n) is 15.3. The molecule has 1 N–H and O–H groups in total. The summed E-state index contributed by atoms with van der Waals surface area (Å²) in [5.41, 5.74) is 2.45. The molecule has 0 radical (unpaired) electrons. The number of hydrogen-bond donors (Lipinski definition) is 1. The van der Waals surface area contributed by atoms with Gasteiger partial charge in [-0.15, -0.1) is 0 Å². The van der Waals surface area contributed by atoms with Crippen molar-refractivity contribution in [2.45, 2.75) is 32.7 Å². The van der Waals surface area contributed by atoms with Gasteiger partial charge in [-0.3, -0.25) is 14.1 Å². The minimum Gasteiger partial charge on any atom is -0.350 e. The molecule has 0 saturated carbocycles. The van der Waals surface area contributed by atoms with Crippen molar-refractivity contribution in [2.75, 3.05) is 17.1 Å². The molecule has 26 heavy (non-hydrogen) atoms. The highest BCUT2D eigenvalue weighted by Gasteiger charge is 2.18. The maximum absolute atomic E-state index is 12.1. The number of amides is 1. The highest BCUT2D eigenvalue weighted by molar-refractivity contribution is 7.92. The van der Waals surface area contributed by atoms with E-state index in [-0.39, 0.29) is 18.9 Å². The summed E-state index contributed by atoms with van der Waals surface area (Å²) in [6.07, 6.45) is 2.88. The molecule has 0 fully saturated rings. The summed E-state index contributed by atoms with van der Waals surface area (Å²) in [5.74, 6) is 0.149. The van der Waals surface area contributed by atoms with Gasteiger partial charge in [0.05, 0.1) is 24.2 Å². The molecule has 6 nitrogen and oxygen atoms in total. The molecule has 1 amide bonds. The topological polar surface area (TPSA) is 79.4 Å². The third kappa shape index (κ3) is 5.84. The van der Waals surface area contributed by atoms with Gasteiger partial charge in [-0.2, -0.15) is 0 Å². The quantitative estimate of drug-likeness (QED) is 0.769. The summed E-state index contributed by atoms with van der Waals surface area (Å²) >= 11 is 0. The number of anilines is 1. The summed E-state index contributed by atoms with van der Waals surface area (Å²) in [7, 11) is -3.47. The van der Waals surface area contributed by atoms with Crippen molar-refractivity contribution in [2.24, 2.45) is 0 Å². The summed E-state index contributed by atoms with van der Waals surface area (Å²) in [5, 5.41) is 2.76. The van der Waals surface area contributed by atoms with Crippen LogP contribution in [0, 0.1) is 0 Å². The first kappa shape index (κ1) is 19.9. The van der Waals surface area contributed by atoms with Gasteiger partial charge >= 0.3 is 0 Å². The van der Waals surface area contributed by atoms with Gasteiger partial charge < -0.3 is 5.32 Å². The monoisotopic (exact) mass is 375 g/mol. The summed E-state index contributed by atoms with van der Waals surface area (Å²) in [6.45, 7) is 4.57. The van der Waals surface area contributed by atoms with Crippen molar-refractivity contribution in [3.63, 3.8) is 0 Å². The van der Waals surface area contributed by atoms with Crippen LogP contribution in [0.5, 0.6) is 0 Å². The number of sulfonamides is 1. The Morgan fingerprint density at radius 3 is 2.38 bits per heavy atom. The molecule has 2 rings (SSSR count). The number of nitrogens with one attached hydrogen (secondary N) is 1. The van der Waals surface area contributed by atoms with Gasteiger partial charge in [0.2, 0.25) is 15.9 Å². The second-order valence-corrected chi connectivity index (χ2v) is 8.34. The minimum atomic E-state index is -3.47. The normalized spacial score (nSPS) is 11.4. The molecule has 7 heteroatoms. The maximum Gasteiger partial charge on any atom is 0.232 e. The van der Waals surface area contributed by atoms with Crippen LogP contribution in [0.2, 0.25) is 0 Å². The lowest BCUT2D eigenvalue weighted by molar-refractivity contribution is -0.121. The van der Waals surface area contributed by atoms with Gasteiger partial charge in [0, 0.05) is 19.2 Å². The average Bonchev–Trinajstić information content (AvgIpc) is 2.60. The van der Waals surface area contributed by atoms with Crippen LogP contribution >= 0.6 is 0 Å². The molecule has 0 aliphatic heterocycles. The van der Waals surface area contributed by atoms with Crippen molar-refractivity contribution >= 4 is 21.6 Å². The Balaban J connectivity index is 1.99. The van der Waals surface area contributed by atoms with E-state index in [4.69, 9.17) is 0 Å². The molecule has 0 atom stereocenters. The molecule has 0 aliphatic carbocycles. The molecular weight excluding hydrogens is 350 g/mol. The van der Waals surface area contributed by atoms with E-state index in [0.717, 1.165) is 17.5 Å². The molecular formula is C19H25N3O3S. The van der Waals surface area contributed by atoms with Gasteiger partial charge in [-0.1, -0.05) is 32.0 Å². The summed E-state index contributed by atoms with van der Waals surface area (Å²) in [6, 6.07) is 12.9. The molecule has 0 aliphatic rings. The van der Waals surface area contributed by atoms with Gasteiger partial charge in [-0.25, -0.2) is 8.42 Å². The SMILES string of the molecule is CC(C)c1ccc(N(CCC(=O)NCc2ccccn2)S(C)(=O)=O)cc1. The van der Waals surface area contributed by atoms with Gasteiger partial charge in [0.1, 0.15) is 0 Å². The van der Waals surface area contributed by atoms with Crippen molar-refractivity contribution in [3.05, 3.63) is 59.9 Å². The third-order valence-electron chi connectivity index (χ3n) is 3.98. The largest absolute Gasteiger partial charge is 0.350 e. The fourth-order valence-corrected chi connectivity index (χ4v) is 3.42. The van der Waals surface area contributed by atoms with Gasteiger partial charge in [0.25, 0.3) is 0 Å². The van der Waals surface area contributed by atoms with Gasteiger partial charge in [0.15, 0.2) is 0 Å². The molecule has 1 heterocycles. The molecule has 0 spiro atoms. The first-order valence-corrected chi connectivity index (χ1v) is 10.4. The van der Waals surface area contributed by atoms with Crippen molar-refractivity contribution in [3.8, 4) is 0 Å². The van der Waals surface area contributed by atoms with E-state index in [1.807, 2.05) is 24.3 Å². The Labute approximate surface area is 155 Å². The van der Waals surface area contributed by atoms with Crippen LogP contribution in [0.3, 0.4) is 0 Å². The van der Waals surface area contributed by atoms with Crippen molar-refractivity contribution in [1.29, 1.82) is 0 Å². The molecule has 0 unspecified atom stereocenters. The van der Waals surface area contributed by atoms with Crippen LogP contribution in [-0.4, -0.2) is 32.1 Å². The number of aromatic nitrogens is 1. The molecule has 1 aromatic carbocycles. The number of carbonyl (C=O) groups excluding carboxylic acids is 1. The number of benzene rings is 1. The zero-order valence-corrected chi connectivity index (χ0v) is 16.2. The number of hydrogen-bond acceptors (Lipinski definition) is 4.